The lowest BCUT2D eigenvalue weighted by molar-refractivity contribution is 0.0727. The quantitative estimate of drug-likeness (QED) is 0.800. The van der Waals surface area contributed by atoms with Crippen molar-refractivity contribution in [1.82, 2.24) is 4.90 Å². The Balaban J connectivity index is 2.15. The van der Waals surface area contributed by atoms with Gasteiger partial charge in [-0.25, -0.2) is 0 Å². The molecular formula is C14H21NOS. The third-order valence-electron chi connectivity index (χ3n) is 3.19. The third-order valence-corrected chi connectivity index (χ3v) is 4.33. The van der Waals surface area contributed by atoms with Crippen LogP contribution in [-0.2, 0) is 0 Å². The van der Waals surface area contributed by atoms with Crippen LogP contribution in [0.15, 0.2) is 6.07 Å². The largest absolute Gasteiger partial charge is 0.335 e. The van der Waals surface area contributed by atoms with Crippen LogP contribution in [0.3, 0.4) is 0 Å². The molecule has 1 aromatic heterocycles. The number of amides is 1. The molecule has 0 unspecified atom stereocenters. The van der Waals surface area contributed by atoms with Crippen LogP contribution in [0.1, 0.15) is 46.8 Å². The molecule has 2 rings (SSSR count). The summed E-state index contributed by atoms with van der Waals surface area (Å²) in [7, 11) is 0. The first-order valence-electron chi connectivity index (χ1n) is 6.37. The molecule has 1 aliphatic rings. The number of carbonyl (C=O) groups excluding carboxylic acids is 1. The van der Waals surface area contributed by atoms with E-state index in [0.717, 1.165) is 11.4 Å². The van der Waals surface area contributed by atoms with Crippen molar-refractivity contribution in [3.63, 3.8) is 0 Å². The zero-order valence-electron chi connectivity index (χ0n) is 11.1. The van der Waals surface area contributed by atoms with Crippen LogP contribution in [0.4, 0.5) is 0 Å². The molecule has 0 radical (unpaired) electrons. The molecule has 0 bridgehead atoms. The van der Waals surface area contributed by atoms with Gasteiger partial charge in [-0.1, -0.05) is 13.8 Å². The second kappa shape index (κ2) is 4.81. The van der Waals surface area contributed by atoms with Gasteiger partial charge in [-0.3, -0.25) is 4.79 Å². The van der Waals surface area contributed by atoms with E-state index in [0.29, 0.717) is 12.0 Å². The Hall–Kier alpha value is -0.830. The van der Waals surface area contributed by atoms with Gasteiger partial charge in [0.2, 0.25) is 0 Å². The number of carbonyl (C=O) groups is 1. The van der Waals surface area contributed by atoms with Gasteiger partial charge in [-0.15, -0.1) is 11.3 Å². The summed E-state index contributed by atoms with van der Waals surface area (Å²) < 4.78 is 0. The van der Waals surface area contributed by atoms with Crippen LogP contribution in [0, 0.1) is 19.8 Å². The van der Waals surface area contributed by atoms with E-state index in [1.165, 1.54) is 23.3 Å². The van der Waals surface area contributed by atoms with Crippen molar-refractivity contribution in [3.8, 4) is 0 Å². The van der Waals surface area contributed by atoms with Crippen LogP contribution >= 0.6 is 11.3 Å². The first kappa shape index (κ1) is 12.6. The Morgan fingerprint density at radius 2 is 2.12 bits per heavy atom. The average Bonchev–Trinajstić information content (AvgIpc) is 3.02. The van der Waals surface area contributed by atoms with E-state index in [2.05, 4.69) is 32.6 Å². The van der Waals surface area contributed by atoms with E-state index >= 15 is 0 Å². The van der Waals surface area contributed by atoms with Crippen LogP contribution < -0.4 is 0 Å². The summed E-state index contributed by atoms with van der Waals surface area (Å²) in [6.45, 7) is 9.40. The smallest absolute Gasteiger partial charge is 0.264 e. The zero-order chi connectivity index (χ0) is 12.6. The standard InChI is InChI=1S/C14H21NOS/c1-9(2)8-15(12-5-6-12)14(16)13-7-10(3)11(4)17-13/h7,9,12H,5-6,8H2,1-4H3. The van der Waals surface area contributed by atoms with E-state index in [1.807, 2.05) is 6.07 Å². The molecule has 1 saturated carbocycles. The normalized spacial score (nSPS) is 15.4. The van der Waals surface area contributed by atoms with E-state index in [9.17, 15) is 4.79 Å². The summed E-state index contributed by atoms with van der Waals surface area (Å²) in [6.07, 6.45) is 2.36. The second-order valence-electron chi connectivity index (χ2n) is 5.43. The topological polar surface area (TPSA) is 20.3 Å². The van der Waals surface area contributed by atoms with E-state index in [-0.39, 0.29) is 5.91 Å². The molecule has 0 aromatic carbocycles. The summed E-state index contributed by atoms with van der Waals surface area (Å²) >= 11 is 1.63. The molecule has 1 fully saturated rings. The van der Waals surface area contributed by atoms with E-state index in [4.69, 9.17) is 0 Å². The first-order valence-corrected chi connectivity index (χ1v) is 7.18. The van der Waals surface area contributed by atoms with Crippen molar-refractivity contribution in [2.75, 3.05) is 6.54 Å². The average molecular weight is 251 g/mol. The van der Waals surface area contributed by atoms with Crippen molar-refractivity contribution >= 4 is 17.2 Å². The minimum absolute atomic E-state index is 0.238. The van der Waals surface area contributed by atoms with Crippen LogP contribution in [0.2, 0.25) is 0 Å². The van der Waals surface area contributed by atoms with Crippen molar-refractivity contribution in [1.29, 1.82) is 0 Å². The molecule has 1 amide bonds. The van der Waals surface area contributed by atoms with Gasteiger partial charge >= 0.3 is 0 Å². The highest BCUT2D eigenvalue weighted by Gasteiger charge is 2.33. The molecule has 0 spiro atoms. The minimum atomic E-state index is 0.238. The highest BCUT2D eigenvalue weighted by molar-refractivity contribution is 7.14. The number of nitrogens with zero attached hydrogens (tertiary/aromatic N) is 1. The second-order valence-corrected chi connectivity index (χ2v) is 6.69. The number of hydrogen-bond donors (Lipinski definition) is 0. The van der Waals surface area contributed by atoms with Crippen LogP contribution in [0.5, 0.6) is 0 Å². The summed E-state index contributed by atoms with van der Waals surface area (Å²) in [5, 5.41) is 0. The minimum Gasteiger partial charge on any atom is -0.335 e. The number of rotatable bonds is 4. The molecule has 3 heteroatoms. The third kappa shape index (κ3) is 2.89. The van der Waals surface area contributed by atoms with E-state index in [1.54, 1.807) is 11.3 Å². The van der Waals surface area contributed by atoms with Gasteiger partial charge in [-0.05, 0) is 44.2 Å². The summed E-state index contributed by atoms with van der Waals surface area (Å²) in [5.41, 5.74) is 1.23. The number of hydrogen-bond acceptors (Lipinski definition) is 2. The maximum Gasteiger partial charge on any atom is 0.264 e. The molecule has 0 atom stereocenters. The predicted octanol–water partition coefficient (Wildman–Crippen LogP) is 3.63. The molecule has 1 heterocycles. The molecule has 0 N–H and O–H groups in total. The SMILES string of the molecule is Cc1cc(C(=O)N(CC(C)C)C2CC2)sc1C. The maximum atomic E-state index is 12.5. The fourth-order valence-corrected chi connectivity index (χ4v) is 2.99. The van der Waals surface area contributed by atoms with Crippen LogP contribution in [0.25, 0.3) is 0 Å². The predicted molar refractivity (Wildman–Crippen MR) is 72.7 cm³/mol. The van der Waals surface area contributed by atoms with E-state index < -0.39 is 0 Å². The molecule has 0 aliphatic heterocycles. The fourth-order valence-electron chi connectivity index (χ4n) is 2.00. The summed E-state index contributed by atoms with van der Waals surface area (Å²) in [4.78, 5) is 16.7. The molecule has 0 saturated heterocycles. The van der Waals surface area contributed by atoms with Crippen molar-refractivity contribution in [2.24, 2.45) is 5.92 Å². The van der Waals surface area contributed by atoms with Gasteiger partial charge in [0.05, 0.1) is 4.88 Å². The van der Waals surface area contributed by atoms with Gasteiger partial charge in [-0.2, -0.15) is 0 Å². The molecule has 1 aromatic rings. The van der Waals surface area contributed by atoms with Crippen molar-refractivity contribution in [3.05, 3.63) is 21.4 Å². The number of thiophene rings is 1. The lowest BCUT2D eigenvalue weighted by Crippen LogP contribution is -2.35. The van der Waals surface area contributed by atoms with Crippen LogP contribution in [-0.4, -0.2) is 23.4 Å². The van der Waals surface area contributed by atoms with Gasteiger partial charge in [0.1, 0.15) is 0 Å². The molecule has 94 valence electrons. The fraction of sp³-hybridized carbons (Fsp3) is 0.643. The summed E-state index contributed by atoms with van der Waals surface area (Å²) in [6, 6.07) is 2.55. The Kier molecular flexibility index (Phi) is 3.57. The van der Waals surface area contributed by atoms with Gasteiger partial charge in [0.25, 0.3) is 5.91 Å². The highest BCUT2D eigenvalue weighted by Crippen LogP contribution is 2.31. The van der Waals surface area contributed by atoms with Gasteiger partial charge in [0, 0.05) is 17.5 Å². The van der Waals surface area contributed by atoms with Crippen molar-refractivity contribution < 1.29 is 4.79 Å². The molecule has 2 nitrogen and oxygen atoms in total. The summed E-state index contributed by atoms with van der Waals surface area (Å²) in [5.74, 6) is 0.782. The molecular weight excluding hydrogens is 230 g/mol. The highest BCUT2D eigenvalue weighted by atomic mass is 32.1. The maximum absolute atomic E-state index is 12.5. The lowest BCUT2D eigenvalue weighted by Gasteiger charge is -2.23. The van der Waals surface area contributed by atoms with Gasteiger partial charge in [0.15, 0.2) is 0 Å². The Morgan fingerprint density at radius 3 is 2.53 bits per heavy atom. The Labute approximate surface area is 108 Å². The lowest BCUT2D eigenvalue weighted by atomic mass is 10.2. The monoisotopic (exact) mass is 251 g/mol. The van der Waals surface area contributed by atoms with Crippen molar-refractivity contribution in [2.45, 2.75) is 46.6 Å². The zero-order valence-corrected chi connectivity index (χ0v) is 11.9. The molecule has 1 aliphatic carbocycles. The molecule has 17 heavy (non-hydrogen) atoms. The Bertz CT molecular complexity index is 398. The Morgan fingerprint density at radius 1 is 1.47 bits per heavy atom. The number of aryl methyl sites for hydroxylation is 2. The van der Waals surface area contributed by atoms with Gasteiger partial charge < -0.3 is 4.90 Å². The first-order chi connectivity index (χ1) is 7.99.